The number of rotatable bonds is 5. The fraction of sp³-hybridized carbons (Fsp3) is 0.0833. The molecule has 1 N–H and O–H groups in total. The van der Waals surface area contributed by atoms with Gasteiger partial charge in [-0.05, 0) is 30.3 Å². The number of aromatic nitrogens is 4. The Bertz CT molecular complexity index is 1510. The molecule has 0 saturated carbocycles. The van der Waals surface area contributed by atoms with E-state index in [0.29, 0.717) is 22.4 Å². The van der Waals surface area contributed by atoms with Crippen LogP contribution in [0.5, 0.6) is 0 Å². The highest BCUT2D eigenvalue weighted by molar-refractivity contribution is 9.10. The first-order chi connectivity index (χ1) is 15.6. The third kappa shape index (κ3) is 3.80. The molecular formula is C24H18BrN5O2. The van der Waals surface area contributed by atoms with Crippen LogP contribution in [0.4, 0.5) is 5.82 Å². The molecule has 0 bridgehead atoms. The fourth-order valence-corrected chi connectivity index (χ4v) is 3.98. The van der Waals surface area contributed by atoms with Crippen LogP contribution in [0, 0.1) is 0 Å². The molecule has 0 saturated heterocycles. The second kappa shape index (κ2) is 8.39. The van der Waals surface area contributed by atoms with Crippen molar-refractivity contribution in [1.82, 2.24) is 18.9 Å². The van der Waals surface area contributed by atoms with Crippen molar-refractivity contribution >= 4 is 44.2 Å². The van der Waals surface area contributed by atoms with Crippen LogP contribution in [0.3, 0.4) is 0 Å². The quantitative estimate of drug-likeness (QED) is 0.395. The summed E-state index contributed by atoms with van der Waals surface area (Å²) in [6.45, 7) is 0.220. The fourth-order valence-electron chi connectivity index (χ4n) is 3.62. The number of anilines is 1. The molecule has 0 unspecified atom stereocenters. The summed E-state index contributed by atoms with van der Waals surface area (Å²) in [6.07, 6.45) is 3.46. The number of carbonyl (C=O) groups is 1. The van der Waals surface area contributed by atoms with Gasteiger partial charge < -0.3 is 5.32 Å². The Morgan fingerprint density at radius 2 is 1.84 bits per heavy atom. The van der Waals surface area contributed by atoms with Gasteiger partial charge >= 0.3 is 0 Å². The van der Waals surface area contributed by atoms with Crippen LogP contribution in [-0.2, 0) is 11.3 Å². The first-order valence-corrected chi connectivity index (χ1v) is 10.9. The summed E-state index contributed by atoms with van der Waals surface area (Å²) in [7, 11) is 0. The van der Waals surface area contributed by atoms with E-state index in [2.05, 4.69) is 31.2 Å². The number of fused-ring (bicyclic) bond motifs is 2. The number of nitrogens with one attached hydrogen (secondary N) is 1. The molecule has 1 amide bonds. The van der Waals surface area contributed by atoms with E-state index in [9.17, 15) is 9.59 Å². The van der Waals surface area contributed by atoms with Crippen LogP contribution in [0.15, 0.2) is 88.5 Å². The number of halogens is 1. The van der Waals surface area contributed by atoms with Gasteiger partial charge in [-0.25, -0.2) is 9.97 Å². The third-order valence-electron chi connectivity index (χ3n) is 5.20. The molecule has 0 aliphatic heterocycles. The van der Waals surface area contributed by atoms with Crippen molar-refractivity contribution in [1.29, 1.82) is 0 Å². The molecular weight excluding hydrogens is 470 g/mol. The van der Waals surface area contributed by atoms with Crippen molar-refractivity contribution in [2.24, 2.45) is 0 Å². The van der Waals surface area contributed by atoms with Crippen molar-refractivity contribution in [3.63, 3.8) is 0 Å². The number of nitrogens with zero attached hydrogens (tertiary/aromatic N) is 4. The summed E-state index contributed by atoms with van der Waals surface area (Å²) in [4.78, 5) is 34.6. The predicted molar refractivity (Wildman–Crippen MR) is 128 cm³/mol. The van der Waals surface area contributed by atoms with Gasteiger partial charge in [-0.2, -0.15) is 0 Å². The van der Waals surface area contributed by atoms with E-state index in [4.69, 9.17) is 0 Å². The lowest BCUT2D eigenvalue weighted by Crippen LogP contribution is -2.24. The van der Waals surface area contributed by atoms with Crippen molar-refractivity contribution < 1.29 is 4.79 Å². The average Bonchev–Trinajstić information content (AvgIpc) is 3.18. The van der Waals surface area contributed by atoms with Gasteiger partial charge in [-0.1, -0.05) is 52.3 Å². The summed E-state index contributed by atoms with van der Waals surface area (Å²) in [5, 5.41) is 3.50. The summed E-state index contributed by atoms with van der Waals surface area (Å²) >= 11 is 3.38. The van der Waals surface area contributed by atoms with Crippen molar-refractivity contribution in [2.45, 2.75) is 13.0 Å². The van der Waals surface area contributed by atoms with E-state index >= 15 is 0 Å². The number of carbonyl (C=O) groups excluding carboxylic acids is 1. The van der Waals surface area contributed by atoms with Crippen molar-refractivity contribution in [3.05, 3.63) is 94.1 Å². The number of hydrogen-bond donors (Lipinski definition) is 1. The number of aryl methyl sites for hydroxylation is 1. The Labute approximate surface area is 191 Å². The number of hydrogen-bond acceptors (Lipinski definition) is 4. The molecule has 3 aromatic heterocycles. The second-order valence-electron chi connectivity index (χ2n) is 7.31. The third-order valence-corrected chi connectivity index (χ3v) is 5.69. The zero-order valence-electron chi connectivity index (χ0n) is 16.9. The Morgan fingerprint density at radius 1 is 1.03 bits per heavy atom. The SMILES string of the molecule is O=C(CCn1cnc2ccc(Br)cc2c1=O)Nc1c(-c2ccccc2)nc2ccccn12. The molecule has 0 atom stereocenters. The largest absolute Gasteiger partial charge is 0.310 e. The summed E-state index contributed by atoms with van der Waals surface area (Å²) < 4.78 is 4.11. The van der Waals surface area contributed by atoms with Crippen molar-refractivity contribution in [3.8, 4) is 11.3 Å². The molecule has 5 rings (SSSR count). The highest BCUT2D eigenvalue weighted by Gasteiger charge is 2.16. The predicted octanol–water partition coefficient (Wildman–Crippen LogP) is 4.50. The first kappa shape index (κ1) is 20.1. The summed E-state index contributed by atoms with van der Waals surface area (Å²) in [5.41, 5.74) is 2.79. The molecule has 8 heteroatoms. The van der Waals surface area contributed by atoms with Crippen LogP contribution >= 0.6 is 15.9 Å². The minimum absolute atomic E-state index is 0.120. The van der Waals surface area contributed by atoms with Crippen LogP contribution in [-0.4, -0.2) is 24.8 Å². The summed E-state index contributed by atoms with van der Waals surface area (Å²) in [5.74, 6) is 0.388. The minimum atomic E-state index is -0.214. The molecule has 0 aliphatic carbocycles. The maximum Gasteiger partial charge on any atom is 0.261 e. The lowest BCUT2D eigenvalue weighted by Gasteiger charge is -2.09. The number of pyridine rings is 1. The molecule has 158 valence electrons. The first-order valence-electron chi connectivity index (χ1n) is 10.1. The smallest absolute Gasteiger partial charge is 0.261 e. The van der Waals surface area contributed by atoms with E-state index in [1.807, 2.05) is 65.2 Å². The van der Waals surface area contributed by atoms with Gasteiger partial charge in [0.25, 0.3) is 5.56 Å². The monoisotopic (exact) mass is 487 g/mol. The van der Waals surface area contributed by atoms with Crippen LogP contribution < -0.4 is 10.9 Å². The molecule has 5 aromatic rings. The highest BCUT2D eigenvalue weighted by Crippen LogP contribution is 2.28. The van der Waals surface area contributed by atoms with E-state index in [1.165, 1.54) is 10.9 Å². The zero-order valence-corrected chi connectivity index (χ0v) is 18.5. The van der Waals surface area contributed by atoms with Gasteiger partial charge in [-0.3, -0.25) is 18.6 Å². The Morgan fingerprint density at radius 3 is 2.69 bits per heavy atom. The van der Waals surface area contributed by atoms with Gasteiger partial charge in [-0.15, -0.1) is 0 Å². The molecule has 7 nitrogen and oxygen atoms in total. The Balaban J connectivity index is 1.41. The molecule has 3 heterocycles. The number of imidazole rings is 1. The highest BCUT2D eigenvalue weighted by atomic mass is 79.9. The normalized spacial score (nSPS) is 11.2. The molecule has 0 radical (unpaired) electrons. The van der Waals surface area contributed by atoms with Gasteiger partial charge in [0.15, 0.2) is 0 Å². The van der Waals surface area contributed by atoms with Gasteiger partial charge in [0.1, 0.15) is 17.2 Å². The topological polar surface area (TPSA) is 81.3 Å². The van der Waals surface area contributed by atoms with Gasteiger partial charge in [0.2, 0.25) is 5.91 Å². The van der Waals surface area contributed by atoms with E-state index in [1.54, 1.807) is 12.1 Å². The standard InChI is InChI=1S/C24H18BrN5O2/c25-17-9-10-19-18(14-17)24(32)29(15-26-19)13-11-21(31)28-23-22(16-6-2-1-3-7-16)27-20-8-4-5-12-30(20)23/h1-10,12,14-15H,11,13H2,(H,28,31). The van der Waals surface area contributed by atoms with E-state index < -0.39 is 0 Å². The number of amides is 1. The lowest BCUT2D eigenvalue weighted by molar-refractivity contribution is -0.116. The average molecular weight is 488 g/mol. The maximum atomic E-state index is 12.8. The molecule has 32 heavy (non-hydrogen) atoms. The van der Waals surface area contributed by atoms with Gasteiger partial charge in [0, 0.05) is 29.2 Å². The second-order valence-corrected chi connectivity index (χ2v) is 8.22. The summed E-state index contributed by atoms with van der Waals surface area (Å²) in [6, 6.07) is 20.8. The number of benzene rings is 2. The molecule has 0 aliphatic rings. The Hall–Kier alpha value is -3.78. The van der Waals surface area contributed by atoms with E-state index in [-0.39, 0.29) is 24.4 Å². The van der Waals surface area contributed by atoms with E-state index in [0.717, 1.165) is 15.7 Å². The lowest BCUT2D eigenvalue weighted by atomic mass is 10.1. The maximum absolute atomic E-state index is 12.8. The van der Waals surface area contributed by atoms with Crippen LogP contribution in [0.25, 0.3) is 27.8 Å². The zero-order chi connectivity index (χ0) is 22.1. The minimum Gasteiger partial charge on any atom is -0.310 e. The van der Waals surface area contributed by atoms with Gasteiger partial charge in [0.05, 0.1) is 17.2 Å². The Kier molecular flexibility index (Phi) is 5.28. The van der Waals surface area contributed by atoms with Crippen molar-refractivity contribution in [2.75, 3.05) is 5.32 Å². The van der Waals surface area contributed by atoms with Crippen LogP contribution in [0.2, 0.25) is 0 Å². The molecule has 0 fully saturated rings. The molecule has 2 aromatic carbocycles. The van der Waals surface area contributed by atoms with Crippen LogP contribution in [0.1, 0.15) is 6.42 Å². The molecule has 0 spiro atoms.